The summed E-state index contributed by atoms with van der Waals surface area (Å²) in [5, 5.41) is 6.74. The molecular weight excluding hydrogens is 429 g/mol. The lowest BCUT2D eigenvalue weighted by molar-refractivity contribution is -0.129. The largest absolute Gasteiger partial charge is 0.387 e. The van der Waals surface area contributed by atoms with Crippen LogP contribution < -0.4 is 10.6 Å². The first-order valence-corrected chi connectivity index (χ1v) is 11.7. The molecule has 0 unspecified atom stereocenters. The molecule has 3 aromatic rings. The van der Waals surface area contributed by atoms with Crippen molar-refractivity contribution in [2.75, 3.05) is 18.4 Å². The Bertz CT molecular complexity index is 1250. The molecule has 0 bridgehead atoms. The van der Waals surface area contributed by atoms with Gasteiger partial charge in [0.15, 0.2) is 0 Å². The Morgan fingerprint density at radius 1 is 1.18 bits per heavy atom. The molecule has 1 amide bonds. The molecule has 6 nitrogen and oxygen atoms in total. The molecule has 7 heteroatoms. The number of benzene rings is 1. The lowest BCUT2D eigenvalue weighted by Gasteiger charge is -2.31. The first kappa shape index (κ1) is 22.1. The van der Waals surface area contributed by atoms with Gasteiger partial charge in [0.2, 0.25) is 11.9 Å². The molecular formula is C27H28FN5O. The van der Waals surface area contributed by atoms with Gasteiger partial charge in [0.1, 0.15) is 5.82 Å². The molecule has 1 aromatic carbocycles. The molecule has 4 heterocycles. The zero-order valence-corrected chi connectivity index (χ0v) is 19.4. The van der Waals surface area contributed by atoms with E-state index in [-0.39, 0.29) is 5.91 Å². The van der Waals surface area contributed by atoms with Crippen molar-refractivity contribution in [3.63, 3.8) is 0 Å². The SMILES string of the molecule is CC(=O)N1CCC(c2ccc(Nc3nc(-c4cnc(F)c(C)c4)cc4c3CNC=C4)cc2)CC1. The molecule has 0 atom stereocenters. The number of aromatic nitrogens is 2. The number of hydrogen-bond donors (Lipinski definition) is 2. The van der Waals surface area contributed by atoms with Crippen molar-refractivity contribution in [3.05, 3.63) is 77.0 Å². The second-order valence-corrected chi connectivity index (χ2v) is 9.00. The Balaban J connectivity index is 1.39. The van der Waals surface area contributed by atoms with Crippen LogP contribution in [0.2, 0.25) is 0 Å². The zero-order chi connectivity index (χ0) is 23.7. The van der Waals surface area contributed by atoms with Gasteiger partial charge in [-0.15, -0.1) is 0 Å². The van der Waals surface area contributed by atoms with E-state index in [1.807, 2.05) is 23.2 Å². The summed E-state index contributed by atoms with van der Waals surface area (Å²) in [7, 11) is 0. The van der Waals surface area contributed by atoms with Gasteiger partial charge in [-0.1, -0.05) is 12.1 Å². The van der Waals surface area contributed by atoms with E-state index in [0.29, 0.717) is 18.0 Å². The maximum atomic E-state index is 13.7. The van der Waals surface area contributed by atoms with Gasteiger partial charge >= 0.3 is 0 Å². The third-order valence-corrected chi connectivity index (χ3v) is 6.71. The number of pyridine rings is 2. The Kier molecular flexibility index (Phi) is 6.01. The zero-order valence-electron chi connectivity index (χ0n) is 19.4. The van der Waals surface area contributed by atoms with E-state index in [1.165, 1.54) is 11.8 Å². The van der Waals surface area contributed by atoms with Gasteiger partial charge in [0, 0.05) is 55.1 Å². The predicted octanol–water partition coefficient (Wildman–Crippen LogP) is 5.13. The number of piperidine rings is 1. The highest BCUT2D eigenvalue weighted by atomic mass is 19.1. The van der Waals surface area contributed by atoms with E-state index in [0.717, 1.165) is 59.8 Å². The highest BCUT2D eigenvalue weighted by molar-refractivity contribution is 5.74. The van der Waals surface area contributed by atoms with Gasteiger partial charge < -0.3 is 15.5 Å². The molecule has 174 valence electrons. The van der Waals surface area contributed by atoms with E-state index in [2.05, 4.69) is 39.9 Å². The number of carbonyl (C=O) groups excluding carboxylic acids is 1. The van der Waals surface area contributed by atoms with Crippen molar-refractivity contribution in [2.45, 2.75) is 39.2 Å². The van der Waals surface area contributed by atoms with Gasteiger partial charge in [0.05, 0.1) is 5.69 Å². The summed E-state index contributed by atoms with van der Waals surface area (Å²) in [6.07, 6.45) is 7.46. The van der Waals surface area contributed by atoms with Crippen molar-refractivity contribution >= 4 is 23.5 Å². The molecule has 2 N–H and O–H groups in total. The molecule has 2 aliphatic rings. The van der Waals surface area contributed by atoms with E-state index in [1.54, 1.807) is 19.9 Å². The topological polar surface area (TPSA) is 70.2 Å². The van der Waals surface area contributed by atoms with Crippen LogP contribution >= 0.6 is 0 Å². The second kappa shape index (κ2) is 9.25. The molecule has 2 aliphatic heterocycles. The van der Waals surface area contributed by atoms with Crippen LogP contribution in [0.4, 0.5) is 15.9 Å². The molecule has 2 aromatic heterocycles. The first-order chi connectivity index (χ1) is 16.5. The highest BCUT2D eigenvalue weighted by Gasteiger charge is 2.22. The molecule has 34 heavy (non-hydrogen) atoms. The normalized spacial score (nSPS) is 15.6. The first-order valence-electron chi connectivity index (χ1n) is 11.7. The Morgan fingerprint density at radius 2 is 1.94 bits per heavy atom. The van der Waals surface area contributed by atoms with E-state index in [4.69, 9.17) is 4.98 Å². The summed E-state index contributed by atoms with van der Waals surface area (Å²) in [5.41, 5.74) is 6.44. The number of fused-ring (bicyclic) bond motifs is 1. The van der Waals surface area contributed by atoms with Crippen LogP contribution in [0.1, 0.15) is 47.9 Å². The van der Waals surface area contributed by atoms with Crippen LogP contribution in [-0.4, -0.2) is 33.9 Å². The summed E-state index contributed by atoms with van der Waals surface area (Å²) in [6.45, 7) is 5.66. The fourth-order valence-corrected chi connectivity index (χ4v) is 4.69. The Labute approximate surface area is 198 Å². The van der Waals surface area contributed by atoms with Crippen LogP contribution in [0.5, 0.6) is 0 Å². The van der Waals surface area contributed by atoms with Crippen LogP contribution in [0.25, 0.3) is 17.3 Å². The minimum absolute atomic E-state index is 0.159. The number of hydrogen-bond acceptors (Lipinski definition) is 5. The fraction of sp³-hybridized carbons (Fsp3) is 0.296. The van der Waals surface area contributed by atoms with Crippen molar-refractivity contribution in [1.82, 2.24) is 20.2 Å². The summed E-state index contributed by atoms with van der Waals surface area (Å²) in [5.74, 6) is 0.944. The molecule has 0 radical (unpaired) electrons. The van der Waals surface area contributed by atoms with E-state index in [9.17, 15) is 9.18 Å². The maximum Gasteiger partial charge on any atom is 0.219 e. The van der Waals surface area contributed by atoms with Crippen molar-refractivity contribution in [2.24, 2.45) is 0 Å². The standard InChI is InChI=1S/C27H28FN5O/c1-17-13-22(15-30-26(17)28)25-14-21-7-10-29-16-24(21)27(32-25)31-23-5-3-19(4-6-23)20-8-11-33(12-9-20)18(2)34/h3-7,10,13-15,20,29H,8-9,11-12,16H2,1-2H3,(H,31,32). The minimum Gasteiger partial charge on any atom is -0.387 e. The van der Waals surface area contributed by atoms with Gasteiger partial charge in [-0.2, -0.15) is 4.39 Å². The van der Waals surface area contributed by atoms with E-state index >= 15 is 0 Å². The van der Waals surface area contributed by atoms with Gasteiger partial charge in [-0.05, 0) is 73.4 Å². The molecule has 5 rings (SSSR count). The fourth-order valence-electron chi connectivity index (χ4n) is 4.69. The number of amides is 1. The molecule has 0 aliphatic carbocycles. The van der Waals surface area contributed by atoms with Gasteiger partial charge in [-0.3, -0.25) is 4.79 Å². The number of carbonyl (C=O) groups is 1. The Morgan fingerprint density at radius 3 is 2.65 bits per heavy atom. The summed E-state index contributed by atoms with van der Waals surface area (Å²) < 4.78 is 13.7. The maximum absolute atomic E-state index is 13.7. The number of halogens is 1. The third kappa shape index (κ3) is 4.51. The lowest BCUT2D eigenvalue weighted by Crippen LogP contribution is -2.36. The number of nitrogens with zero attached hydrogens (tertiary/aromatic N) is 3. The molecule has 0 saturated carbocycles. The van der Waals surface area contributed by atoms with Crippen molar-refractivity contribution in [1.29, 1.82) is 0 Å². The van der Waals surface area contributed by atoms with Crippen LogP contribution in [0.15, 0.2) is 48.8 Å². The average Bonchev–Trinajstić information content (AvgIpc) is 2.86. The average molecular weight is 458 g/mol. The third-order valence-electron chi connectivity index (χ3n) is 6.71. The van der Waals surface area contributed by atoms with Crippen molar-refractivity contribution in [3.8, 4) is 11.3 Å². The van der Waals surface area contributed by atoms with Crippen LogP contribution in [-0.2, 0) is 11.3 Å². The molecule has 1 saturated heterocycles. The molecule has 0 spiro atoms. The van der Waals surface area contributed by atoms with Gasteiger partial charge in [-0.25, -0.2) is 9.97 Å². The Hall–Kier alpha value is -3.74. The minimum atomic E-state index is -0.462. The number of rotatable bonds is 4. The summed E-state index contributed by atoms with van der Waals surface area (Å²) in [4.78, 5) is 22.3. The van der Waals surface area contributed by atoms with Gasteiger partial charge in [0.25, 0.3) is 0 Å². The number of likely N-dealkylation sites (tertiary alicyclic amines) is 1. The smallest absolute Gasteiger partial charge is 0.219 e. The second-order valence-electron chi connectivity index (χ2n) is 9.00. The monoisotopic (exact) mass is 457 g/mol. The highest BCUT2D eigenvalue weighted by Crippen LogP contribution is 2.32. The summed E-state index contributed by atoms with van der Waals surface area (Å²) in [6, 6.07) is 12.3. The quantitative estimate of drug-likeness (QED) is 0.531. The number of anilines is 2. The lowest BCUT2D eigenvalue weighted by atomic mass is 9.89. The van der Waals surface area contributed by atoms with E-state index < -0.39 is 5.95 Å². The van der Waals surface area contributed by atoms with Crippen LogP contribution in [0.3, 0.4) is 0 Å². The predicted molar refractivity (Wildman–Crippen MR) is 132 cm³/mol. The number of aryl methyl sites for hydroxylation is 1. The summed E-state index contributed by atoms with van der Waals surface area (Å²) >= 11 is 0. The van der Waals surface area contributed by atoms with Crippen molar-refractivity contribution < 1.29 is 9.18 Å². The number of nitrogens with one attached hydrogen (secondary N) is 2. The van der Waals surface area contributed by atoms with Crippen LogP contribution in [0, 0.1) is 12.9 Å². The molecule has 1 fully saturated rings.